The summed E-state index contributed by atoms with van der Waals surface area (Å²) in [4.78, 5) is 49.9. The van der Waals surface area contributed by atoms with Crippen LogP contribution in [-0.2, 0) is 19.8 Å². The molecule has 0 bridgehead atoms. The summed E-state index contributed by atoms with van der Waals surface area (Å²) in [6.07, 6.45) is 3.78. The maximum absolute atomic E-state index is 14.0. The first-order valence-electron chi connectivity index (χ1n) is 13.4. The van der Waals surface area contributed by atoms with E-state index in [1.54, 1.807) is 23.4 Å². The number of hydrogen-bond acceptors (Lipinski definition) is 5. The van der Waals surface area contributed by atoms with E-state index in [1.165, 1.54) is 5.56 Å². The molecule has 3 aromatic rings. The number of Topliss-reactive ketones (excluding diaryl/α,β-unsaturated/α-hetero) is 1. The zero-order valence-electron chi connectivity index (χ0n) is 22.5. The van der Waals surface area contributed by atoms with E-state index in [1.807, 2.05) is 30.3 Å². The topological polar surface area (TPSA) is 99.9 Å². The smallest absolute Gasteiger partial charge is 0.303 e. The standard InChI is InChI=1S/C32H33N3O4/c1-32(2,3)23-12-10-20(11-13-23)22-17-25-30(27(36)18-22)31(21-7-6-16-33-19-21)35(28(37)14-15-29(38)39)26-9-5-4-8-24(26)34-25/h4-13,16,19,22,30-31H,14-15,17-18H2,1-3H3,(H,38,39). The number of carboxylic acid groups (broad SMARTS) is 1. The average molecular weight is 524 g/mol. The second-order valence-corrected chi connectivity index (χ2v) is 11.4. The molecule has 1 N–H and O–H groups in total. The maximum Gasteiger partial charge on any atom is 0.303 e. The number of nitrogens with zero attached hydrogens (tertiary/aromatic N) is 3. The van der Waals surface area contributed by atoms with Crippen molar-refractivity contribution in [2.75, 3.05) is 4.90 Å². The largest absolute Gasteiger partial charge is 0.481 e. The summed E-state index contributed by atoms with van der Waals surface area (Å²) in [7, 11) is 0. The van der Waals surface area contributed by atoms with Gasteiger partial charge in [0.2, 0.25) is 5.91 Å². The SMILES string of the molecule is CC(C)(C)c1ccc(C2CC(=O)C3C(=Nc4ccccc4N(C(=O)CCC(=O)O)C3c3cccnc3)C2)cc1. The normalized spacial score (nSPS) is 20.9. The molecule has 2 aliphatic rings. The Labute approximate surface area is 228 Å². The van der Waals surface area contributed by atoms with Gasteiger partial charge in [-0.1, -0.05) is 63.2 Å². The lowest BCUT2D eigenvalue weighted by molar-refractivity contribution is -0.138. The summed E-state index contributed by atoms with van der Waals surface area (Å²) < 4.78 is 0. The van der Waals surface area contributed by atoms with Gasteiger partial charge >= 0.3 is 5.97 Å². The number of para-hydroxylation sites is 2. The lowest BCUT2D eigenvalue weighted by atomic mass is 9.72. The molecule has 200 valence electrons. The van der Waals surface area contributed by atoms with Gasteiger partial charge in [-0.05, 0) is 52.6 Å². The van der Waals surface area contributed by atoms with E-state index in [0.717, 1.165) is 16.8 Å². The predicted molar refractivity (Wildman–Crippen MR) is 150 cm³/mol. The van der Waals surface area contributed by atoms with E-state index in [-0.39, 0.29) is 35.9 Å². The fraction of sp³-hybridized carbons (Fsp3) is 0.344. The molecule has 7 heteroatoms. The Bertz CT molecular complexity index is 1420. The number of rotatable bonds is 5. The third-order valence-corrected chi connectivity index (χ3v) is 7.70. The summed E-state index contributed by atoms with van der Waals surface area (Å²) in [5.74, 6) is -2.06. The van der Waals surface area contributed by atoms with Crippen LogP contribution in [0.4, 0.5) is 11.4 Å². The molecule has 1 fully saturated rings. The molecule has 3 atom stereocenters. The molecule has 1 amide bonds. The van der Waals surface area contributed by atoms with Gasteiger partial charge in [0.1, 0.15) is 5.78 Å². The lowest BCUT2D eigenvalue weighted by Gasteiger charge is -2.38. The van der Waals surface area contributed by atoms with Crippen LogP contribution >= 0.6 is 0 Å². The van der Waals surface area contributed by atoms with E-state index >= 15 is 0 Å². The zero-order valence-corrected chi connectivity index (χ0v) is 22.5. The van der Waals surface area contributed by atoms with Crippen molar-refractivity contribution in [2.45, 2.75) is 63.8 Å². The average Bonchev–Trinajstić information content (AvgIpc) is 3.06. The van der Waals surface area contributed by atoms with Crippen LogP contribution in [0.1, 0.15) is 75.1 Å². The second-order valence-electron chi connectivity index (χ2n) is 11.4. The summed E-state index contributed by atoms with van der Waals surface area (Å²) in [5, 5.41) is 9.27. The van der Waals surface area contributed by atoms with Crippen LogP contribution in [-0.4, -0.2) is 33.5 Å². The number of carbonyl (C=O) groups excluding carboxylic acids is 2. The minimum atomic E-state index is -1.05. The minimum Gasteiger partial charge on any atom is -0.481 e. The summed E-state index contributed by atoms with van der Waals surface area (Å²) in [5.41, 5.74) is 5.00. The highest BCUT2D eigenvalue weighted by Gasteiger charge is 2.46. The van der Waals surface area contributed by atoms with Crippen molar-refractivity contribution < 1.29 is 19.5 Å². The first-order chi connectivity index (χ1) is 18.6. The van der Waals surface area contributed by atoms with Crippen LogP contribution in [0.5, 0.6) is 0 Å². The molecular formula is C32H33N3O4. The first kappa shape index (κ1) is 26.5. The van der Waals surface area contributed by atoms with Crippen molar-refractivity contribution in [3.8, 4) is 0 Å². The van der Waals surface area contributed by atoms with Gasteiger partial charge in [0, 0.05) is 30.9 Å². The number of ketones is 1. The van der Waals surface area contributed by atoms with E-state index in [0.29, 0.717) is 24.2 Å². The van der Waals surface area contributed by atoms with Gasteiger partial charge in [-0.2, -0.15) is 0 Å². The summed E-state index contributed by atoms with van der Waals surface area (Å²) in [6.45, 7) is 6.53. The van der Waals surface area contributed by atoms with Gasteiger partial charge < -0.3 is 10.0 Å². The Morgan fingerprint density at radius 2 is 1.69 bits per heavy atom. The Kier molecular flexibility index (Phi) is 7.17. The highest BCUT2D eigenvalue weighted by atomic mass is 16.4. The van der Waals surface area contributed by atoms with Gasteiger partial charge in [-0.25, -0.2) is 0 Å². The van der Waals surface area contributed by atoms with Gasteiger partial charge in [0.05, 0.1) is 29.8 Å². The van der Waals surface area contributed by atoms with Crippen molar-refractivity contribution >= 4 is 34.7 Å². The van der Waals surface area contributed by atoms with Crippen molar-refractivity contribution in [2.24, 2.45) is 10.9 Å². The number of fused-ring (bicyclic) bond motifs is 2. The van der Waals surface area contributed by atoms with Gasteiger partial charge in [-0.15, -0.1) is 0 Å². The molecule has 2 heterocycles. The lowest BCUT2D eigenvalue weighted by Crippen LogP contribution is -2.45. The van der Waals surface area contributed by atoms with Crippen molar-refractivity contribution in [1.29, 1.82) is 0 Å². The number of aliphatic imine (C=N–C) groups is 1. The molecule has 0 saturated heterocycles. The number of amides is 1. The zero-order chi connectivity index (χ0) is 27.7. The molecule has 1 aliphatic heterocycles. The van der Waals surface area contributed by atoms with E-state index in [4.69, 9.17) is 4.99 Å². The third-order valence-electron chi connectivity index (χ3n) is 7.70. The van der Waals surface area contributed by atoms with Gasteiger partial charge in [0.15, 0.2) is 0 Å². The highest BCUT2D eigenvalue weighted by molar-refractivity contribution is 6.13. The number of carboxylic acids is 1. The number of hydrogen-bond donors (Lipinski definition) is 1. The molecule has 0 radical (unpaired) electrons. The number of aliphatic carboxylic acids is 1. The molecule has 39 heavy (non-hydrogen) atoms. The molecule has 2 aromatic carbocycles. The van der Waals surface area contributed by atoms with Crippen LogP contribution in [0.15, 0.2) is 78.0 Å². The number of anilines is 1. The number of benzene rings is 2. The number of carbonyl (C=O) groups is 3. The molecule has 1 aliphatic carbocycles. The second kappa shape index (κ2) is 10.6. The fourth-order valence-corrected chi connectivity index (χ4v) is 5.70. The molecule has 0 spiro atoms. The molecular weight excluding hydrogens is 490 g/mol. The van der Waals surface area contributed by atoms with Crippen LogP contribution in [0.2, 0.25) is 0 Å². The van der Waals surface area contributed by atoms with Crippen LogP contribution in [0.25, 0.3) is 0 Å². The Balaban J connectivity index is 1.59. The maximum atomic E-state index is 14.0. The Hall–Kier alpha value is -4.13. The van der Waals surface area contributed by atoms with Gasteiger partial charge in [-0.3, -0.25) is 24.4 Å². The molecule has 1 saturated carbocycles. The Morgan fingerprint density at radius 3 is 2.36 bits per heavy atom. The minimum absolute atomic E-state index is 0.0162. The summed E-state index contributed by atoms with van der Waals surface area (Å²) in [6, 6.07) is 18.8. The van der Waals surface area contributed by atoms with Crippen molar-refractivity contribution in [3.63, 3.8) is 0 Å². The van der Waals surface area contributed by atoms with E-state index in [9.17, 15) is 19.5 Å². The predicted octanol–water partition coefficient (Wildman–Crippen LogP) is 6.17. The first-order valence-corrected chi connectivity index (χ1v) is 13.4. The van der Waals surface area contributed by atoms with Crippen LogP contribution in [0, 0.1) is 5.92 Å². The third kappa shape index (κ3) is 5.39. The monoisotopic (exact) mass is 523 g/mol. The highest BCUT2D eigenvalue weighted by Crippen LogP contribution is 2.47. The molecule has 1 aromatic heterocycles. The van der Waals surface area contributed by atoms with Crippen molar-refractivity contribution in [3.05, 3.63) is 89.7 Å². The number of aromatic nitrogens is 1. The molecule has 3 unspecified atom stereocenters. The number of pyridine rings is 1. The van der Waals surface area contributed by atoms with Crippen LogP contribution < -0.4 is 4.90 Å². The van der Waals surface area contributed by atoms with Gasteiger partial charge in [0.25, 0.3) is 0 Å². The fourth-order valence-electron chi connectivity index (χ4n) is 5.70. The van der Waals surface area contributed by atoms with Crippen LogP contribution in [0.3, 0.4) is 0 Å². The molecule has 7 nitrogen and oxygen atoms in total. The molecule has 5 rings (SSSR count). The Morgan fingerprint density at radius 1 is 0.949 bits per heavy atom. The van der Waals surface area contributed by atoms with E-state index in [2.05, 4.69) is 50.0 Å². The van der Waals surface area contributed by atoms with Crippen molar-refractivity contribution in [1.82, 2.24) is 4.98 Å². The quantitative estimate of drug-likeness (QED) is 0.431. The van der Waals surface area contributed by atoms with E-state index < -0.39 is 17.9 Å². The summed E-state index contributed by atoms with van der Waals surface area (Å²) >= 11 is 0.